The van der Waals surface area contributed by atoms with Crippen LogP contribution in [-0.2, 0) is 16.8 Å². The summed E-state index contributed by atoms with van der Waals surface area (Å²) in [6.07, 6.45) is 3.54. The van der Waals surface area contributed by atoms with Crippen molar-refractivity contribution in [3.63, 3.8) is 0 Å². The number of aryl methyl sites for hydroxylation is 1. The molecule has 284 valence electrons. The maximum atomic E-state index is 6.06. The zero-order valence-corrected chi connectivity index (χ0v) is 33.1. The molecule has 57 heavy (non-hydrogen) atoms. The number of benzene rings is 6. The fourth-order valence-corrected chi connectivity index (χ4v) is 8.24. The summed E-state index contributed by atoms with van der Waals surface area (Å²) in [6.45, 7) is 6.50. The fourth-order valence-electron chi connectivity index (χ4n) is 8.24. The Bertz CT molecular complexity index is 2380. The molecule has 1 atom stereocenters. The van der Waals surface area contributed by atoms with Gasteiger partial charge in [-0.15, -0.1) is 5.10 Å². The van der Waals surface area contributed by atoms with Gasteiger partial charge in [-0.2, -0.15) is 0 Å². The van der Waals surface area contributed by atoms with Gasteiger partial charge in [0, 0.05) is 28.8 Å². The molecule has 6 aromatic carbocycles. The van der Waals surface area contributed by atoms with Crippen molar-refractivity contribution in [2.75, 3.05) is 7.11 Å². The number of hydroxylamine groups is 2. The standard InChI is InChI=1S/C50H48N6O/c1-5-6-27-47-51-48(45(37(3)55(47)57-4)34-38-30-28-36(2)29-31-38)40-32-33-44(39-19-11-7-12-20-39)46(35-40)49-52-53-54-56(49)50(41-21-13-8-14-22-41,42-23-15-9-16-24-42)43-25-17-10-18-26-43/h7-26,28-33,35,47H,5-6,27,34H2,1-4H3. The van der Waals surface area contributed by atoms with Crippen LogP contribution in [0.4, 0.5) is 0 Å². The van der Waals surface area contributed by atoms with Crippen molar-refractivity contribution >= 4 is 5.71 Å². The van der Waals surface area contributed by atoms with Gasteiger partial charge in [-0.3, -0.25) is 9.83 Å². The SMILES string of the molecule is CCCCC1N=C(c2ccc(-c3ccccc3)c(-c3nnnn3C(c3ccccc3)(c3ccccc3)c3ccccc3)c2)C(Cc2ccc(C)cc2)=C(C)N1OC. The fraction of sp³-hybridized carbons (Fsp3) is 0.200. The molecule has 0 saturated carbocycles. The summed E-state index contributed by atoms with van der Waals surface area (Å²) >= 11 is 0. The molecule has 0 amide bonds. The molecule has 0 fully saturated rings. The summed E-state index contributed by atoms with van der Waals surface area (Å²) in [4.78, 5) is 11.6. The molecule has 2 heterocycles. The molecule has 1 aliphatic heterocycles. The second kappa shape index (κ2) is 16.7. The van der Waals surface area contributed by atoms with E-state index < -0.39 is 5.54 Å². The van der Waals surface area contributed by atoms with E-state index in [-0.39, 0.29) is 6.17 Å². The average Bonchev–Trinajstić information content (AvgIpc) is 3.76. The van der Waals surface area contributed by atoms with Crippen LogP contribution < -0.4 is 0 Å². The van der Waals surface area contributed by atoms with Gasteiger partial charge in [0.05, 0.1) is 12.8 Å². The van der Waals surface area contributed by atoms with Crippen LogP contribution in [0.3, 0.4) is 0 Å². The van der Waals surface area contributed by atoms with E-state index in [1.54, 1.807) is 7.11 Å². The zero-order valence-electron chi connectivity index (χ0n) is 33.1. The summed E-state index contributed by atoms with van der Waals surface area (Å²) in [5.74, 6) is 0.644. The number of tetrazole rings is 1. The normalized spacial score (nSPS) is 14.5. The van der Waals surface area contributed by atoms with E-state index in [1.165, 1.54) is 11.1 Å². The minimum Gasteiger partial charge on any atom is -0.275 e. The van der Waals surface area contributed by atoms with Crippen molar-refractivity contribution in [2.45, 2.75) is 58.2 Å². The summed E-state index contributed by atoms with van der Waals surface area (Å²) in [5, 5.41) is 16.3. The van der Waals surface area contributed by atoms with E-state index in [4.69, 9.17) is 20.1 Å². The summed E-state index contributed by atoms with van der Waals surface area (Å²) < 4.78 is 2.02. The highest BCUT2D eigenvalue weighted by Crippen LogP contribution is 2.44. The van der Waals surface area contributed by atoms with Crippen LogP contribution in [0.25, 0.3) is 22.5 Å². The van der Waals surface area contributed by atoms with E-state index in [1.807, 2.05) is 15.8 Å². The quantitative estimate of drug-likeness (QED) is 0.110. The van der Waals surface area contributed by atoms with Gasteiger partial charge < -0.3 is 0 Å². The molecule has 0 saturated heterocycles. The minimum atomic E-state index is -0.910. The van der Waals surface area contributed by atoms with Gasteiger partial charge in [-0.25, -0.2) is 9.75 Å². The summed E-state index contributed by atoms with van der Waals surface area (Å²) in [5.41, 5.74) is 11.8. The third-order valence-corrected chi connectivity index (χ3v) is 11.1. The van der Waals surface area contributed by atoms with E-state index >= 15 is 0 Å². The maximum absolute atomic E-state index is 6.06. The topological polar surface area (TPSA) is 68.4 Å². The van der Waals surface area contributed by atoms with Crippen molar-refractivity contribution in [3.05, 3.63) is 208 Å². The third kappa shape index (κ3) is 7.23. The van der Waals surface area contributed by atoms with Crippen molar-refractivity contribution in [1.29, 1.82) is 0 Å². The van der Waals surface area contributed by atoms with E-state index in [2.05, 4.69) is 184 Å². The lowest BCUT2D eigenvalue weighted by Gasteiger charge is -2.37. The lowest BCUT2D eigenvalue weighted by atomic mass is 9.76. The van der Waals surface area contributed by atoms with Crippen LogP contribution in [0.2, 0.25) is 0 Å². The lowest BCUT2D eigenvalue weighted by Crippen LogP contribution is -2.39. The first kappa shape index (κ1) is 37.5. The second-order valence-corrected chi connectivity index (χ2v) is 14.7. The molecule has 7 aromatic rings. The van der Waals surface area contributed by atoms with Gasteiger partial charge in [-0.1, -0.05) is 177 Å². The Morgan fingerprint density at radius 3 is 1.79 bits per heavy atom. The Labute approximate surface area is 336 Å². The molecule has 1 aromatic heterocycles. The predicted octanol–water partition coefficient (Wildman–Crippen LogP) is 10.9. The predicted molar refractivity (Wildman–Crippen MR) is 230 cm³/mol. The molecular formula is C50H48N6O. The number of rotatable bonds is 13. The van der Waals surface area contributed by atoms with Gasteiger partial charge >= 0.3 is 0 Å². The Kier molecular flexibility index (Phi) is 11.0. The highest BCUT2D eigenvalue weighted by Gasteiger charge is 2.42. The van der Waals surface area contributed by atoms with E-state index in [0.29, 0.717) is 12.2 Å². The van der Waals surface area contributed by atoms with E-state index in [9.17, 15) is 0 Å². The van der Waals surface area contributed by atoms with Crippen LogP contribution in [0.1, 0.15) is 66.5 Å². The highest BCUT2D eigenvalue weighted by molar-refractivity contribution is 6.14. The van der Waals surface area contributed by atoms with Crippen molar-refractivity contribution in [1.82, 2.24) is 25.3 Å². The highest BCUT2D eigenvalue weighted by atomic mass is 16.7. The number of allylic oxidation sites excluding steroid dienone is 2. The Morgan fingerprint density at radius 2 is 1.23 bits per heavy atom. The van der Waals surface area contributed by atoms with Gasteiger partial charge in [0.25, 0.3) is 0 Å². The molecule has 0 spiro atoms. The average molecular weight is 749 g/mol. The first-order valence-electron chi connectivity index (χ1n) is 19.8. The number of aliphatic imine (C=N–C) groups is 1. The largest absolute Gasteiger partial charge is 0.275 e. The number of aromatic nitrogens is 4. The van der Waals surface area contributed by atoms with Crippen LogP contribution in [0.15, 0.2) is 180 Å². The second-order valence-electron chi connectivity index (χ2n) is 14.7. The van der Waals surface area contributed by atoms with Crippen molar-refractivity contribution < 1.29 is 4.84 Å². The molecule has 0 aliphatic carbocycles. The van der Waals surface area contributed by atoms with Crippen LogP contribution in [-0.4, -0.2) is 44.3 Å². The van der Waals surface area contributed by atoms with Crippen LogP contribution >= 0.6 is 0 Å². The van der Waals surface area contributed by atoms with Gasteiger partial charge in [0.2, 0.25) is 0 Å². The number of hydrogen-bond donors (Lipinski definition) is 0. The van der Waals surface area contributed by atoms with Gasteiger partial charge in [0.15, 0.2) is 5.82 Å². The van der Waals surface area contributed by atoms with Gasteiger partial charge in [0.1, 0.15) is 11.7 Å². The molecule has 8 rings (SSSR count). The van der Waals surface area contributed by atoms with Gasteiger partial charge in [-0.05, 0) is 76.6 Å². The lowest BCUT2D eigenvalue weighted by molar-refractivity contribution is -0.133. The molecule has 7 heteroatoms. The Balaban J connectivity index is 1.39. The van der Waals surface area contributed by atoms with Crippen molar-refractivity contribution in [2.24, 2.45) is 4.99 Å². The Hall–Kier alpha value is -6.44. The molecule has 0 N–H and O–H groups in total. The molecule has 0 bridgehead atoms. The van der Waals surface area contributed by atoms with Crippen molar-refractivity contribution in [3.8, 4) is 22.5 Å². The first-order valence-corrected chi connectivity index (χ1v) is 19.8. The first-order chi connectivity index (χ1) is 28.0. The summed E-state index contributed by atoms with van der Waals surface area (Å²) in [6, 6.07) is 57.6. The Morgan fingerprint density at radius 1 is 0.649 bits per heavy atom. The third-order valence-electron chi connectivity index (χ3n) is 11.1. The number of unbranched alkanes of at least 4 members (excludes halogenated alkanes) is 1. The molecule has 0 radical (unpaired) electrons. The molecule has 7 nitrogen and oxygen atoms in total. The van der Waals surface area contributed by atoms with E-state index in [0.717, 1.165) is 75.2 Å². The minimum absolute atomic E-state index is 0.156. The summed E-state index contributed by atoms with van der Waals surface area (Å²) in [7, 11) is 1.75. The molecular weight excluding hydrogens is 701 g/mol. The zero-order chi connectivity index (χ0) is 39.2. The maximum Gasteiger partial charge on any atom is 0.184 e. The van der Waals surface area contributed by atoms with Crippen LogP contribution in [0.5, 0.6) is 0 Å². The molecule has 1 unspecified atom stereocenters. The smallest absolute Gasteiger partial charge is 0.184 e. The van der Waals surface area contributed by atoms with Crippen LogP contribution in [0, 0.1) is 6.92 Å². The number of hydrogen-bond acceptors (Lipinski definition) is 6. The monoisotopic (exact) mass is 748 g/mol. The molecule has 1 aliphatic rings. The number of nitrogens with zero attached hydrogens (tertiary/aromatic N) is 6.